The molecule has 192 valence electrons. The van der Waals surface area contributed by atoms with Gasteiger partial charge in [0.25, 0.3) is 0 Å². The van der Waals surface area contributed by atoms with Crippen LogP contribution in [0.4, 0.5) is 0 Å². The zero-order valence-corrected chi connectivity index (χ0v) is 22.4. The Hall–Kier alpha value is -0.530. The average molecular weight is 453 g/mol. The van der Waals surface area contributed by atoms with E-state index in [1.165, 1.54) is 148 Å². The molecular weight excluding hydrogens is 392 g/mol. The molecule has 0 saturated heterocycles. The van der Waals surface area contributed by atoms with Crippen molar-refractivity contribution in [1.82, 2.24) is 0 Å². The Balaban J connectivity index is 3.03. The van der Waals surface area contributed by atoms with Crippen LogP contribution < -0.4 is 0 Å². The number of unbranched alkanes of at least 4 members (excludes halogenated alkanes) is 23. The summed E-state index contributed by atoms with van der Waals surface area (Å²) in [4.78, 5) is 11.3. The molecule has 0 unspecified atom stereocenters. The van der Waals surface area contributed by atoms with Gasteiger partial charge in [-0.25, -0.2) is 0 Å². The third-order valence-electron chi connectivity index (χ3n) is 6.72. The first kappa shape index (κ1) is 31.5. The molecule has 0 atom stereocenters. The van der Waals surface area contributed by atoms with Gasteiger partial charge in [0, 0.05) is 6.42 Å². The average Bonchev–Trinajstić information content (AvgIpc) is 2.79. The first-order chi connectivity index (χ1) is 15.8. The van der Waals surface area contributed by atoms with E-state index in [0.717, 1.165) is 12.8 Å². The summed E-state index contributed by atoms with van der Waals surface area (Å²) in [5.74, 6) is -0.0263. The van der Waals surface area contributed by atoms with Gasteiger partial charge < -0.3 is 4.74 Å². The lowest BCUT2D eigenvalue weighted by molar-refractivity contribution is -0.143. The Morgan fingerprint density at radius 1 is 0.406 bits per heavy atom. The number of rotatable bonds is 27. The van der Waals surface area contributed by atoms with Gasteiger partial charge in [-0.05, 0) is 12.8 Å². The van der Waals surface area contributed by atoms with Crippen molar-refractivity contribution in [3.63, 3.8) is 0 Å². The Bertz CT molecular complexity index is 353. The molecule has 0 aliphatic rings. The van der Waals surface area contributed by atoms with Crippen LogP contribution >= 0.6 is 0 Å². The third-order valence-corrected chi connectivity index (χ3v) is 6.72. The number of esters is 1. The van der Waals surface area contributed by atoms with Crippen LogP contribution in [0.3, 0.4) is 0 Å². The number of carbonyl (C=O) groups is 1. The Morgan fingerprint density at radius 2 is 0.688 bits per heavy atom. The highest BCUT2D eigenvalue weighted by Crippen LogP contribution is 2.15. The smallest absolute Gasteiger partial charge is 0.305 e. The van der Waals surface area contributed by atoms with E-state index in [0.29, 0.717) is 13.0 Å². The molecule has 0 aromatic rings. The maximum absolute atomic E-state index is 11.3. The fourth-order valence-electron chi connectivity index (χ4n) is 4.53. The second-order valence-electron chi connectivity index (χ2n) is 10.1. The van der Waals surface area contributed by atoms with Crippen molar-refractivity contribution >= 4 is 5.97 Å². The molecule has 0 aliphatic heterocycles. The summed E-state index contributed by atoms with van der Waals surface area (Å²) < 4.78 is 5.19. The van der Waals surface area contributed by atoms with Gasteiger partial charge in [0.2, 0.25) is 0 Å². The fourth-order valence-corrected chi connectivity index (χ4v) is 4.53. The van der Waals surface area contributed by atoms with Crippen LogP contribution in [-0.4, -0.2) is 12.6 Å². The van der Waals surface area contributed by atoms with Crippen LogP contribution in [-0.2, 0) is 9.53 Å². The lowest BCUT2D eigenvalue weighted by Gasteiger charge is -2.05. The summed E-state index contributed by atoms with van der Waals surface area (Å²) in [6.07, 6.45) is 35.3. The molecule has 0 rings (SSSR count). The van der Waals surface area contributed by atoms with Crippen LogP contribution in [0.25, 0.3) is 0 Å². The molecule has 0 radical (unpaired) electrons. The monoisotopic (exact) mass is 452 g/mol. The Labute approximate surface area is 203 Å². The minimum atomic E-state index is -0.0263. The largest absolute Gasteiger partial charge is 0.466 e. The topological polar surface area (TPSA) is 26.3 Å². The first-order valence-electron chi connectivity index (χ1n) is 15.0. The maximum Gasteiger partial charge on any atom is 0.305 e. The highest BCUT2D eigenvalue weighted by atomic mass is 16.5. The summed E-state index contributed by atoms with van der Waals surface area (Å²) in [5, 5.41) is 0. The molecule has 0 amide bonds. The summed E-state index contributed by atoms with van der Waals surface area (Å²) >= 11 is 0. The summed E-state index contributed by atoms with van der Waals surface area (Å²) in [5.41, 5.74) is 0. The van der Waals surface area contributed by atoms with E-state index < -0.39 is 0 Å². The van der Waals surface area contributed by atoms with Crippen molar-refractivity contribution in [2.75, 3.05) is 6.61 Å². The van der Waals surface area contributed by atoms with Gasteiger partial charge in [-0.2, -0.15) is 0 Å². The predicted molar refractivity (Wildman–Crippen MR) is 142 cm³/mol. The van der Waals surface area contributed by atoms with Gasteiger partial charge in [-0.1, -0.05) is 162 Å². The highest BCUT2D eigenvalue weighted by molar-refractivity contribution is 5.69. The molecule has 0 aliphatic carbocycles. The Kier molecular flexibility index (Phi) is 28.0. The van der Waals surface area contributed by atoms with Gasteiger partial charge >= 0.3 is 5.97 Å². The minimum absolute atomic E-state index is 0.0263. The fraction of sp³-hybridized carbons (Fsp3) is 0.967. The van der Waals surface area contributed by atoms with E-state index in [1.807, 2.05) is 6.92 Å². The second kappa shape index (κ2) is 28.5. The molecule has 2 heteroatoms. The molecule has 0 N–H and O–H groups in total. The molecule has 0 fully saturated rings. The summed E-state index contributed by atoms with van der Waals surface area (Å²) in [6, 6.07) is 0. The van der Waals surface area contributed by atoms with Crippen LogP contribution in [0.15, 0.2) is 0 Å². The standard InChI is InChI=1S/C30H60O2/c1-3-5-6-7-8-9-10-11-12-13-14-15-16-17-18-19-20-21-22-23-24-25-26-27-29-32-30(31)28-4-2/h3-29H2,1-2H3. The normalized spacial score (nSPS) is 11.2. The van der Waals surface area contributed by atoms with E-state index in [-0.39, 0.29) is 5.97 Å². The van der Waals surface area contributed by atoms with E-state index >= 15 is 0 Å². The van der Waals surface area contributed by atoms with Crippen LogP contribution in [0.5, 0.6) is 0 Å². The van der Waals surface area contributed by atoms with E-state index in [2.05, 4.69) is 6.92 Å². The Morgan fingerprint density at radius 3 is 0.969 bits per heavy atom. The van der Waals surface area contributed by atoms with Crippen molar-refractivity contribution in [2.45, 2.75) is 181 Å². The SMILES string of the molecule is CCCCCCCCCCCCCCCCCCCCCCCCCCOC(=O)CCC. The molecular formula is C30H60O2. The van der Waals surface area contributed by atoms with Gasteiger partial charge in [0.15, 0.2) is 0 Å². The third kappa shape index (κ3) is 27.5. The number of hydrogen-bond acceptors (Lipinski definition) is 2. The quantitative estimate of drug-likeness (QED) is 0.0914. The van der Waals surface area contributed by atoms with E-state index in [1.54, 1.807) is 0 Å². The lowest BCUT2D eigenvalue weighted by Crippen LogP contribution is -2.04. The molecule has 0 saturated carbocycles. The zero-order valence-electron chi connectivity index (χ0n) is 22.4. The number of ether oxygens (including phenoxy) is 1. The van der Waals surface area contributed by atoms with Crippen LogP contribution in [0, 0.1) is 0 Å². The van der Waals surface area contributed by atoms with Gasteiger partial charge in [-0.15, -0.1) is 0 Å². The van der Waals surface area contributed by atoms with Gasteiger partial charge in [0.05, 0.1) is 6.61 Å². The zero-order chi connectivity index (χ0) is 23.4. The first-order valence-corrected chi connectivity index (χ1v) is 15.0. The molecule has 0 heterocycles. The molecule has 32 heavy (non-hydrogen) atoms. The van der Waals surface area contributed by atoms with Gasteiger partial charge in [0.1, 0.15) is 0 Å². The van der Waals surface area contributed by atoms with Crippen LogP contribution in [0.1, 0.15) is 181 Å². The molecule has 0 aromatic heterocycles. The van der Waals surface area contributed by atoms with E-state index in [4.69, 9.17) is 4.74 Å². The molecule has 0 aromatic carbocycles. The van der Waals surface area contributed by atoms with Crippen LogP contribution in [0.2, 0.25) is 0 Å². The number of hydrogen-bond donors (Lipinski definition) is 0. The van der Waals surface area contributed by atoms with Crippen molar-refractivity contribution in [3.05, 3.63) is 0 Å². The molecule has 2 nitrogen and oxygen atoms in total. The van der Waals surface area contributed by atoms with Crippen molar-refractivity contribution in [3.8, 4) is 0 Å². The van der Waals surface area contributed by atoms with Gasteiger partial charge in [-0.3, -0.25) is 4.79 Å². The van der Waals surface area contributed by atoms with Crippen molar-refractivity contribution in [2.24, 2.45) is 0 Å². The summed E-state index contributed by atoms with van der Waals surface area (Å²) in [7, 11) is 0. The molecule has 0 bridgehead atoms. The highest BCUT2D eigenvalue weighted by Gasteiger charge is 2.00. The lowest BCUT2D eigenvalue weighted by atomic mass is 10.0. The minimum Gasteiger partial charge on any atom is -0.466 e. The molecule has 0 spiro atoms. The van der Waals surface area contributed by atoms with Crippen molar-refractivity contribution < 1.29 is 9.53 Å². The van der Waals surface area contributed by atoms with Crippen molar-refractivity contribution in [1.29, 1.82) is 0 Å². The predicted octanol–water partition coefficient (Wildman–Crippen LogP) is 10.7. The number of carbonyl (C=O) groups excluding carboxylic acids is 1. The van der Waals surface area contributed by atoms with E-state index in [9.17, 15) is 4.79 Å². The summed E-state index contributed by atoms with van der Waals surface area (Å²) in [6.45, 7) is 4.94. The maximum atomic E-state index is 11.3. The second-order valence-corrected chi connectivity index (χ2v) is 10.1.